The van der Waals surface area contributed by atoms with Gasteiger partial charge in [0.25, 0.3) is 0 Å². The number of pyridine rings is 1. The maximum Gasteiger partial charge on any atom is 0.178 e. The van der Waals surface area contributed by atoms with Crippen molar-refractivity contribution in [3.05, 3.63) is 47.3 Å². The van der Waals surface area contributed by atoms with Crippen LogP contribution >= 0.6 is 12.2 Å². The number of aromatic nitrogens is 5. The van der Waals surface area contributed by atoms with Gasteiger partial charge < -0.3 is 9.55 Å². The zero-order chi connectivity index (χ0) is 11.7. The molecule has 0 aliphatic rings. The molecule has 5 nitrogen and oxygen atoms in total. The van der Waals surface area contributed by atoms with E-state index in [4.69, 9.17) is 12.2 Å². The number of rotatable bonds is 2. The van der Waals surface area contributed by atoms with Crippen molar-refractivity contribution >= 4 is 23.3 Å². The number of aromatic amines is 1. The molecule has 3 rings (SSSR count). The molecule has 0 saturated carbocycles. The Morgan fingerprint density at radius 3 is 3.06 bits per heavy atom. The predicted octanol–water partition coefficient (Wildman–Crippen LogP) is 1.93. The molecule has 1 N–H and O–H groups in total. The number of imidazole rings is 1. The molecule has 0 aliphatic heterocycles. The van der Waals surface area contributed by atoms with Crippen molar-refractivity contribution < 1.29 is 0 Å². The average Bonchev–Trinajstić information content (AvgIpc) is 2.68. The first kappa shape index (κ1) is 10.1. The lowest BCUT2D eigenvalue weighted by Crippen LogP contribution is -2.02. The molecular weight excluding hydrogens is 234 g/mol. The smallest absolute Gasteiger partial charge is 0.178 e. The van der Waals surface area contributed by atoms with E-state index in [1.165, 1.54) is 0 Å². The third kappa shape index (κ3) is 1.83. The van der Waals surface area contributed by atoms with E-state index < -0.39 is 0 Å². The lowest BCUT2D eigenvalue weighted by atomic mass is 10.3. The number of H-pyrrole nitrogens is 1. The minimum Gasteiger partial charge on any atom is -0.329 e. The van der Waals surface area contributed by atoms with Crippen LogP contribution in [0.4, 0.5) is 0 Å². The number of hydrogen-bond acceptors (Lipinski definition) is 4. The highest BCUT2D eigenvalue weighted by Crippen LogP contribution is 2.13. The highest BCUT2D eigenvalue weighted by atomic mass is 32.1. The zero-order valence-corrected chi connectivity index (χ0v) is 9.68. The third-order valence-electron chi connectivity index (χ3n) is 2.52. The lowest BCUT2D eigenvalue weighted by Gasteiger charge is -2.02. The minimum absolute atomic E-state index is 0.608. The van der Waals surface area contributed by atoms with Crippen LogP contribution in [0, 0.1) is 4.77 Å². The molecule has 0 spiro atoms. The molecule has 3 aromatic rings. The normalized spacial score (nSPS) is 10.8. The molecule has 0 atom stereocenters. The van der Waals surface area contributed by atoms with Crippen molar-refractivity contribution in [2.24, 2.45) is 0 Å². The van der Waals surface area contributed by atoms with E-state index in [0.717, 1.165) is 16.7 Å². The fraction of sp³-hybridized carbons (Fsp3) is 0.0909. The monoisotopic (exact) mass is 243 g/mol. The van der Waals surface area contributed by atoms with E-state index >= 15 is 0 Å². The van der Waals surface area contributed by atoms with E-state index in [2.05, 4.69) is 20.2 Å². The summed E-state index contributed by atoms with van der Waals surface area (Å²) < 4.78 is 2.65. The lowest BCUT2D eigenvalue weighted by molar-refractivity contribution is 0.762. The van der Waals surface area contributed by atoms with Crippen LogP contribution in [0.2, 0.25) is 0 Å². The molecule has 0 fully saturated rings. The van der Waals surface area contributed by atoms with Crippen molar-refractivity contribution in [3.8, 4) is 0 Å². The molecule has 6 heteroatoms. The van der Waals surface area contributed by atoms with Gasteiger partial charge in [0.1, 0.15) is 0 Å². The Morgan fingerprint density at radius 1 is 1.29 bits per heavy atom. The van der Waals surface area contributed by atoms with Gasteiger partial charge in [-0.25, -0.2) is 0 Å². The van der Waals surface area contributed by atoms with Gasteiger partial charge in [0.15, 0.2) is 4.77 Å². The van der Waals surface area contributed by atoms with Gasteiger partial charge in [0.2, 0.25) is 0 Å². The second-order valence-electron chi connectivity index (χ2n) is 3.62. The Bertz CT molecular complexity index is 700. The fourth-order valence-electron chi connectivity index (χ4n) is 1.75. The van der Waals surface area contributed by atoms with Crippen LogP contribution in [-0.2, 0) is 6.54 Å². The van der Waals surface area contributed by atoms with Crippen LogP contribution < -0.4 is 0 Å². The van der Waals surface area contributed by atoms with E-state index in [1.54, 1.807) is 18.6 Å². The van der Waals surface area contributed by atoms with Crippen LogP contribution in [0.15, 0.2) is 36.8 Å². The highest BCUT2D eigenvalue weighted by molar-refractivity contribution is 7.71. The van der Waals surface area contributed by atoms with Gasteiger partial charge in [-0.3, -0.25) is 4.98 Å². The van der Waals surface area contributed by atoms with Crippen molar-refractivity contribution in [2.45, 2.75) is 6.54 Å². The molecule has 3 heterocycles. The van der Waals surface area contributed by atoms with E-state index in [1.807, 2.05) is 22.8 Å². The van der Waals surface area contributed by atoms with Crippen molar-refractivity contribution in [1.29, 1.82) is 0 Å². The molecule has 17 heavy (non-hydrogen) atoms. The Morgan fingerprint density at radius 2 is 2.24 bits per heavy atom. The number of fused-ring (bicyclic) bond motifs is 1. The number of nitrogens with one attached hydrogen (secondary N) is 1. The summed E-state index contributed by atoms with van der Waals surface area (Å²) in [6.07, 6.45) is 5.17. The molecule has 3 aromatic heterocycles. The molecule has 0 unspecified atom stereocenters. The van der Waals surface area contributed by atoms with Gasteiger partial charge >= 0.3 is 0 Å². The van der Waals surface area contributed by atoms with Gasteiger partial charge in [0.05, 0.1) is 29.5 Å². The summed E-state index contributed by atoms with van der Waals surface area (Å²) in [7, 11) is 0. The van der Waals surface area contributed by atoms with Crippen molar-refractivity contribution in [2.75, 3.05) is 0 Å². The van der Waals surface area contributed by atoms with E-state index in [0.29, 0.717) is 11.3 Å². The second kappa shape index (κ2) is 4.06. The maximum absolute atomic E-state index is 5.28. The van der Waals surface area contributed by atoms with Gasteiger partial charge in [-0.05, 0) is 30.4 Å². The van der Waals surface area contributed by atoms with Crippen LogP contribution in [0.5, 0.6) is 0 Å². The van der Waals surface area contributed by atoms with Crippen LogP contribution in [0.1, 0.15) is 5.69 Å². The standard InChI is InChI=1S/C11H9N5S/c17-11-14-9-6-12-5-3-10(9)16(11)7-8-2-1-4-13-15-8/h1-6H,7H2,(H,14,17). The van der Waals surface area contributed by atoms with Gasteiger partial charge in [-0.15, -0.1) is 0 Å². The number of nitrogens with zero attached hydrogens (tertiary/aromatic N) is 4. The molecule has 0 saturated heterocycles. The first-order valence-electron chi connectivity index (χ1n) is 5.14. The third-order valence-corrected chi connectivity index (χ3v) is 2.85. The largest absolute Gasteiger partial charge is 0.329 e. The molecule has 0 radical (unpaired) electrons. The SMILES string of the molecule is S=c1[nH]c2cnccc2n1Cc1cccnn1. The first-order valence-corrected chi connectivity index (χ1v) is 5.54. The Balaban J connectivity index is 2.12. The Kier molecular flexibility index (Phi) is 2.41. The summed E-state index contributed by atoms with van der Waals surface area (Å²) >= 11 is 5.28. The van der Waals surface area contributed by atoms with Crippen molar-refractivity contribution in [1.82, 2.24) is 24.7 Å². The quantitative estimate of drug-likeness (QED) is 0.699. The molecular formula is C11H9N5S. The van der Waals surface area contributed by atoms with Gasteiger partial charge in [-0.1, -0.05) is 0 Å². The summed E-state index contributed by atoms with van der Waals surface area (Å²) in [5, 5.41) is 7.91. The summed E-state index contributed by atoms with van der Waals surface area (Å²) in [5.41, 5.74) is 2.83. The second-order valence-corrected chi connectivity index (χ2v) is 4.01. The minimum atomic E-state index is 0.608. The summed E-state index contributed by atoms with van der Waals surface area (Å²) in [6.45, 7) is 0.608. The molecule has 0 aliphatic carbocycles. The predicted molar refractivity (Wildman–Crippen MR) is 66.1 cm³/mol. The number of hydrogen-bond donors (Lipinski definition) is 1. The summed E-state index contributed by atoms with van der Waals surface area (Å²) in [5.74, 6) is 0. The summed E-state index contributed by atoms with van der Waals surface area (Å²) in [4.78, 5) is 7.17. The molecule has 0 amide bonds. The average molecular weight is 243 g/mol. The summed E-state index contributed by atoms with van der Waals surface area (Å²) in [6, 6.07) is 5.72. The van der Waals surface area contributed by atoms with Gasteiger partial charge in [0, 0.05) is 12.4 Å². The topological polar surface area (TPSA) is 59.4 Å². The molecule has 0 aromatic carbocycles. The van der Waals surface area contributed by atoms with Crippen LogP contribution in [-0.4, -0.2) is 24.7 Å². The van der Waals surface area contributed by atoms with Crippen LogP contribution in [0.25, 0.3) is 11.0 Å². The van der Waals surface area contributed by atoms with E-state index in [-0.39, 0.29) is 0 Å². The molecule has 84 valence electrons. The Hall–Kier alpha value is -2.08. The highest BCUT2D eigenvalue weighted by Gasteiger charge is 2.05. The molecule has 0 bridgehead atoms. The maximum atomic E-state index is 5.28. The van der Waals surface area contributed by atoms with Gasteiger partial charge in [-0.2, -0.15) is 10.2 Å². The van der Waals surface area contributed by atoms with Crippen molar-refractivity contribution in [3.63, 3.8) is 0 Å². The Labute approximate surface area is 102 Å². The first-order chi connectivity index (χ1) is 8.34. The fourth-order valence-corrected chi connectivity index (χ4v) is 2.02. The van der Waals surface area contributed by atoms with E-state index in [9.17, 15) is 0 Å². The zero-order valence-electron chi connectivity index (χ0n) is 8.87. The van der Waals surface area contributed by atoms with Crippen LogP contribution in [0.3, 0.4) is 0 Å².